The van der Waals surface area contributed by atoms with E-state index >= 15 is 0 Å². The highest BCUT2D eigenvalue weighted by molar-refractivity contribution is 8.02. The Morgan fingerprint density at radius 3 is 3.00 bits per heavy atom. The number of hydrogen-bond acceptors (Lipinski definition) is 2. The second-order valence-electron chi connectivity index (χ2n) is 1.03. The Morgan fingerprint density at radius 1 is 1.86 bits per heavy atom. The maximum atomic E-state index is 4.91. The van der Waals surface area contributed by atoms with E-state index in [9.17, 15) is 0 Å². The van der Waals surface area contributed by atoms with Crippen LogP contribution in [0.15, 0.2) is 12.0 Å². The molecule has 3 heteroatoms. The van der Waals surface area contributed by atoms with Crippen molar-refractivity contribution in [1.29, 1.82) is 0 Å². The number of rotatable bonds is 4. The molecule has 0 aromatic rings. The number of thioether (sulfide) groups is 1. The Balaban J connectivity index is 2.56. The van der Waals surface area contributed by atoms with Gasteiger partial charge in [0.2, 0.25) is 0 Å². The summed E-state index contributed by atoms with van der Waals surface area (Å²) in [6.07, 6.45) is 0. The highest BCUT2D eigenvalue weighted by atomic mass is 32.2. The van der Waals surface area contributed by atoms with Crippen LogP contribution >= 0.6 is 11.8 Å². The zero-order valence-corrected chi connectivity index (χ0v) is 7.33. The minimum atomic E-state index is 0.858. The highest BCUT2D eigenvalue weighted by Crippen LogP contribution is 1.96. The van der Waals surface area contributed by atoms with E-state index in [4.69, 9.17) is 4.43 Å². The van der Waals surface area contributed by atoms with Crippen molar-refractivity contribution in [3.8, 4) is 0 Å². The van der Waals surface area contributed by atoms with Crippen molar-refractivity contribution in [2.75, 3.05) is 12.4 Å². The van der Waals surface area contributed by atoms with Gasteiger partial charge in [-0.05, 0) is 5.41 Å². The second kappa shape index (κ2) is 6.27. The van der Waals surface area contributed by atoms with Gasteiger partial charge in [0.05, 0.1) is 0 Å². The van der Waals surface area contributed by atoms with E-state index < -0.39 is 0 Å². The molecule has 0 N–H and O–H groups in total. The average molecular weight is 134 g/mol. The molecule has 0 unspecified atom stereocenters. The van der Waals surface area contributed by atoms with E-state index in [-0.39, 0.29) is 0 Å². The lowest BCUT2D eigenvalue weighted by Gasteiger charge is -1.91. The predicted octanol–water partition coefficient (Wildman–Crippen LogP) is 0.160. The highest BCUT2D eigenvalue weighted by Gasteiger charge is 1.76. The monoisotopic (exact) mass is 134 g/mol. The Hall–Kier alpha value is 0.267. The first-order valence-corrected chi connectivity index (χ1v) is 3.99. The fourth-order valence-electron chi connectivity index (χ4n) is 0.215. The van der Waals surface area contributed by atoms with Crippen LogP contribution in [-0.4, -0.2) is 22.8 Å². The maximum absolute atomic E-state index is 4.91. The van der Waals surface area contributed by atoms with Gasteiger partial charge in [0.25, 0.3) is 0 Å². The first kappa shape index (κ1) is 7.27. The summed E-state index contributed by atoms with van der Waals surface area (Å²) in [7, 11) is 0.858. The summed E-state index contributed by atoms with van der Waals surface area (Å²) in [4.78, 5) is 0. The zero-order valence-electron chi connectivity index (χ0n) is 4.52. The van der Waals surface area contributed by atoms with Crippen molar-refractivity contribution < 1.29 is 4.43 Å². The molecular weight excluding hydrogens is 124 g/mol. The SMILES string of the molecule is C=CSCCO[SiH3]. The van der Waals surface area contributed by atoms with Crippen molar-refractivity contribution >= 4 is 22.2 Å². The van der Waals surface area contributed by atoms with Gasteiger partial charge in [-0.2, -0.15) is 0 Å². The normalized spacial score (nSPS) is 9.14. The van der Waals surface area contributed by atoms with Crippen LogP contribution in [0.1, 0.15) is 0 Å². The molecular formula is C4H10OSSi. The third-order valence-corrected chi connectivity index (χ3v) is 1.57. The lowest BCUT2D eigenvalue weighted by molar-refractivity contribution is 0.380. The van der Waals surface area contributed by atoms with Gasteiger partial charge in [0, 0.05) is 12.4 Å². The van der Waals surface area contributed by atoms with Gasteiger partial charge in [-0.15, -0.1) is 11.8 Å². The van der Waals surface area contributed by atoms with E-state index in [1.54, 1.807) is 11.8 Å². The lowest BCUT2D eigenvalue weighted by atomic mass is 10.9. The summed E-state index contributed by atoms with van der Waals surface area (Å²) in [5.74, 6) is 1.05. The third kappa shape index (κ3) is 6.27. The molecule has 0 radical (unpaired) electrons. The molecule has 7 heavy (non-hydrogen) atoms. The zero-order chi connectivity index (χ0) is 5.54. The largest absolute Gasteiger partial charge is 0.427 e. The van der Waals surface area contributed by atoms with Crippen LogP contribution in [-0.2, 0) is 4.43 Å². The molecule has 0 atom stereocenters. The van der Waals surface area contributed by atoms with Crippen molar-refractivity contribution in [2.24, 2.45) is 0 Å². The van der Waals surface area contributed by atoms with Crippen LogP contribution < -0.4 is 0 Å². The summed E-state index contributed by atoms with van der Waals surface area (Å²) in [5, 5.41) is 1.83. The molecule has 0 aliphatic rings. The summed E-state index contributed by atoms with van der Waals surface area (Å²) in [6, 6.07) is 0. The number of hydrogen-bond donors (Lipinski definition) is 0. The first-order chi connectivity index (χ1) is 3.41. The molecule has 0 aromatic heterocycles. The Labute approximate surface area is 51.7 Å². The van der Waals surface area contributed by atoms with Gasteiger partial charge in [-0.1, -0.05) is 6.58 Å². The minimum Gasteiger partial charge on any atom is -0.427 e. The molecule has 0 aliphatic heterocycles. The van der Waals surface area contributed by atoms with Crippen LogP contribution in [0.25, 0.3) is 0 Å². The topological polar surface area (TPSA) is 9.23 Å². The van der Waals surface area contributed by atoms with E-state index in [0.29, 0.717) is 0 Å². The van der Waals surface area contributed by atoms with Gasteiger partial charge < -0.3 is 4.43 Å². The van der Waals surface area contributed by atoms with Gasteiger partial charge in [-0.25, -0.2) is 0 Å². The molecule has 0 rings (SSSR count). The fraction of sp³-hybridized carbons (Fsp3) is 0.500. The quantitative estimate of drug-likeness (QED) is 0.400. The standard InChI is InChI=1S/C4H10OSSi/c1-2-6-4-3-5-7/h2H,1,3-4H2,7H3. The molecule has 0 fully saturated rings. The predicted molar refractivity (Wildman–Crippen MR) is 38.5 cm³/mol. The van der Waals surface area contributed by atoms with Crippen LogP contribution in [0.2, 0.25) is 0 Å². The molecule has 0 bridgehead atoms. The van der Waals surface area contributed by atoms with Gasteiger partial charge in [-0.3, -0.25) is 0 Å². The van der Waals surface area contributed by atoms with Crippen LogP contribution in [0.3, 0.4) is 0 Å². The van der Waals surface area contributed by atoms with Gasteiger partial charge >= 0.3 is 0 Å². The van der Waals surface area contributed by atoms with Crippen LogP contribution in [0.5, 0.6) is 0 Å². The molecule has 42 valence electrons. The molecule has 0 saturated heterocycles. The van der Waals surface area contributed by atoms with Crippen molar-refractivity contribution in [2.45, 2.75) is 0 Å². The van der Waals surface area contributed by atoms with Crippen LogP contribution in [0.4, 0.5) is 0 Å². The van der Waals surface area contributed by atoms with E-state index in [1.165, 1.54) is 0 Å². The Bertz CT molecular complexity index is 49.0. The molecule has 0 aliphatic carbocycles. The Kier molecular flexibility index (Phi) is 6.51. The van der Waals surface area contributed by atoms with Gasteiger partial charge in [0.1, 0.15) is 10.5 Å². The first-order valence-electron chi connectivity index (χ1n) is 2.13. The van der Waals surface area contributed by atoms with Crippen molar-refractivity contribution in [3.05, 3.63) is 12.0 Å². The van der Waals surface area contributed by atoms with Gasteiger partial charge in [0.15, 0.2) is 0 Å². The molecule has 0 aromatic carbocycles. The van der Waals surface area contributed by atoms with E-state index in [2.05, 4.69) is 6.58 Å². The van der Waals surface area contributed by atoms with E-state index in [1.807, 2.05) is 5.41 Å². The molecule has 0 amide bonds. The lowest BCUT2D eigenvalue weighted by Crippen LogP contribution is -1.90. The Morgan fingerprint density at radius 2 is 2.57 bits per heavy atom. The summed E-state index contributed by atoms with van der Waals surface area (Å²) in [6.45, 7) is 4.43. The minimum absolute atomic E-state index is 0.858. The second-order valence-corrected chi connectivity index (χ2v) is 2.68. The third-order valence-electron chi connectivity index (χ3n) is 0.523. The molecule has 1 nitrogen and oxygen atoms in total. The molecule has 0 heterocycles. The molecule has 0 spiro atoms. The fourth-order valence-corrected chi connectivity index (χ4v) is 1.14. The maximum Gasteiger partial charge on any atom is 0.146 e. The smallest absolute Gasteiger partial charge is 0.146 e. The van der Waals surface area contributed by atoms with E-state index in [0.717, 1.165) is 22.8 Å². The van der Waals surface area contributed by atoms with Crippen molar-refractivity contribution in [1.82, 2.24) is 0 Å². The summed E-state index contributed by atoms with van der Waals surface area (Å²) >= 11 is 1.69. The van der Waals surface area contributed by atoms with Crippen molar-refractivity contribution in [3.63, 3.8) is 0 Å². The van der Waals surface area contributed by atoms with Crippen LogP contribution in [0, 0.1) is 0 Å². The average Bonchev–Trinajstić information content (AvgIpc) is 1.69. The molecule has 0 saturated carbocycles. The summed E-state index contributed by atoms with van der Waals surface area (Å²) < 4.78 is 4.91. The summed E-state index contributed by atoms with van der Waals surface area (Å²) in [5.41, 5.74) is 0.